The molecule has 2 amide bonds. The Bertz CT molecular complexity index is 1620. The van der Waals surface area contributed by atoms with E-state index in [0.29, 0.717) is 0 Å². The first-order valence-electron chi connectivity index (χ1n) is 13.5. The highest BCUT2D eigenvalue weighted by Gasteiger charge is 2.56. The van der Waals surface area contributed by atoms with Crippen molar-refractivity contribution in [1.29, 1.82) is 0 Å². The highest BCUT2D eigenvalue weighted by molar-refractivity contribution is 6.31. The molecule has 4 N–H and O–H groups in total. The van der Waals surface area contributed by atoms with Crippen molar-refractivity contribution in [2.24, 2.45) is 5.92 Å². The normalized spacial score (nSPS) is 22.3. The van der Waals surface area contributed by atoms with Gasteiger partial charge >= 0.3 is 0 Å². The molecule has 5 rings (SSSR count). The van der Waals surface area contributed by atoms with Crippen LogP contribution in [-0.4, -0.2) is 59.0 Å². The third kappa shape index (κ3) is 4.41. The molecule has 2 aromatic rings. The van der Waals surface area contributed by atoms with Crippen LogP contribution in [0.15, 0.2) is 53.4 Å². The summed E-state index contributed by atoms with van der Waals surface area (Å²) in [5, 5.41) is 27.2. The van der Waals surface area contributed by atoms with Gasteiger partial charge in [-0.1, -0.05) is 18.2 Å². The lowest BCUT2D eigenvalue weighted by molar-refractivity contribution is -0.126. The van der Waals surface area contributed by atoms with Crippen molar-refractivity contribution in [3.8, 4) is 17.2 Å². The second kappa shape index (κ2) is 10.5. The zero-order chi connectivity index (χ0) is 30.5. The lowest BCUT2D eigenvalue weighted by atomic mass is 9.70. The van der Waals surface area contributed by atoms with E-state index in [-0.39, 0.29) is 77.3 Å². The molecule has 0 unspecified atom stereocenters. The van der Waals surface area contributed by atoms with Gasteiger partial charge in [0.15, 0.2) is 17.3 Å². The quantitative estimate of drug-likeness (QED) is 0.169. The smallest absolute Gasteiger partial charge is 0.227 e. The number of ether oxygens (including phenoxy) is 1. The number of Topliss-reactive ketones (excluding diaryl/α,β-unsaturated/α-hetero) is 2. The third-order valence-corrected chi connectivity index (χ3v) is 8.14. The molecule has 42 heavy (non-hydrogen) atoms. The van der Waals surface area contributed by atoms with Crippen molar-refractivity contribution >= 4 is 34.9 Å². The maximum absolute atomic E-state index is 13.9. The van der Waals surface area contributed by atoms with Crippen molar-refractivity contribution in [2.45, 2.75) is 39.5 Å². The van der Waals surface area contributed by atoms with Gasteiger partial charge in [-0.25, -0.2) is 0 Å². The van der Waals surface area contributed by atoms with Crippen molar-refractivity contribution < 1.29 is 38.9 Å². The summed E-state index contributed by atoms with van der Waals surface area (Å²) in [4.78, 5) is 66.0. The van der Waals surface area contributed by atoms with Crippen LogP contribution in [0.1, 0.15) is 48.7 Å². The third-order valence-electron chi connectivity index (χ3n) is 8.14. The Labute approximate surface area is 241 Å². The van der Waals surface area contributed by atoms with Gasteiger partial charge in [-0.2, -0.15) is 0 Å². The Kier molecular flexibility index (Phi) is 7.13. The summed E-state index contributed by atoms with van der Waals surface area (Å²) < 4.78 is 5.77. The van der Waals surface area contributed by atoms with Crippen molar-refractivity contribution in [3.63, 3.8) is 0 Å². The molecule has 2 aliphatic heterocycles. The van der Waals surface area contributed by atoms with Crippen molar-refractivity contribution in [2.75, 3.05) is 24.5 Å². The van der Waals surface area contributed by atoms with Crippen LogP contribution in [0.5, 0.6) is 17.2 Å². The summed E-state index contributed by atoms with van der Waals surface area (Å²) in [7, 11) is 0. The molecule has 0 radical (unpaired) electrons. The average molecular weight is 574 g/mol. The van der Waals surface area contributed by atoms with E-state index in [1.54, 1.807) is 11.8 Å². The number of ketones is 3. The van der Waals surface area contributed by atoms with Crippen LogP contribution in [-0.2, 0) is 24.6 Å². The molecule has 3 aliphatic rings. The summed E-state index contributed by atoms with van der Waals surface area (Å²) in [6.45, 7) is 6.34. The van der Waals surface area contributed by atoms with Gasteiger partial charge in [0.05, 0.1) is 17.1 Å². The average Bonchev–Trinajstić information content (AvgIpc) is 3.48. The Balaban J connectivity index is 1.29. The molecule has 218 valence electrons. The van der Waals surface area contributed by atoms with Crippen LogP contribution < -0.4 is 20.3 Å². The standard InChI is InChI=1S/C31H31N3O8/c1-15-26(38)24(17(3)35)28-25(27(15)39)31(4)21(42-28)13-20(36)23(29(31)40)16(2)32-10-11-33-30(41)18-12-22(37)34(14-18)19-8-6-5-7-9-19/h5-9,13,18,32,38-39H,10-12,14H2,1-4H3,(H,33,41)/b23-16+/t18-,31-/m0/s1. The molecule has 11 heteroatoms. The fourth-order valence-electron chi connectivity index (χ4n) is 5.77. The second-order valence-corrected chi connectivity index (χ2v) is 10.8. The largest absolute Gasteiger partial charge is 0.507 e. The van der Waals surface area contributed by atoms with Crippen molar-refractivity contribution in [1.82, 2.24) is 10.6 Å². The van der Waals surface area contributed by atoms with E-state index in [4.69, 9.17) is 4.74 Å². The van der Waals surface area contributed by atoms with E-state index >= 15 is 0 Å². The number of hydrogen-bond acceptors (Lipinski definition) is 9. The molecule has 0 spiro atoms. The monoisotopic (exact) mass is 573 g/mol. The molecule has 2 heterocycles. The molecular weight excluding hydrogens is 542 g/mol. The maximum atomic E-state index is 13.9. The number of rotatable bonds is 7. The van der Waals surface area contributed by atoms with Crippen LogP contribution in [0.3, 0.4) is 0 Å². The topological polar surface area (TPSA) is 162 Å². The lowest BCUT2D eigenvalue weighted by Crippen LogP contribution is -2.42. The number of carbonyl (C=O) groups is 5. The van der Waals surface area contributed by atoms with E-state index in [1.165, 1.54) is 20.8 Å². The highest BCUT2D eigenvalue weighted by Crippen LogP contribution is 2.57. The highest BCUT2D eigenvalue weighted by atomic mass is 16.5. The Hall–Kier alpha value is -4.93. The molecular formula is C31H31N3O8. The Morgan fingerprint density at radius 3 is 2.38 bits per heavy atom. The number of fused-ring (bicyclic) bond motifs is 3. The van der Waals surface area contributed by atoms with Gasteiger partial charge in [-0.15, -0.1) is 0 Å². The van der Waals surface area contributed by atoms with E-state index in [2.05, 4.69) is 10.6 Å². The number of phenols is 2. The number of carbonyl (C=O) groups excluding carboxylic acids is 5. The Morgan fingerprint density at radius 2 is 1.71 bits per heavy atom. The molecule has 11 nitrogen and oxygen atoms in total. The van der Waals surface area contributed by atoms with Crippen LogP contribution >= 0.6 is 0 Å². The Morgan fingerprint density at radius 1 is 1.05 bits per heavy atom. The predicted molar refractivity (Wildman–Crippen MR) is 151 cm³/mol. The van der Waals surface area contributed by atoms with Gasteiger partial charge in [0.2, 0.25) is 11.8 Å². The van der Waals surface area contributed by atoms with E-state index in [1.807, 2.05) is 30.3 Å². The second-order valence-electron chi connectivity index (χ2n) is 10.8. The minimum Gasteiger partial charge on any atom is -0.507 e. The molecule has 1 saturated heterocycles. The van der Waals surface area contributed by atoms with Gasteiger partial charge in [-0.3, -0.25) is 24.0 Å². The number of allylic oxidation sites excluding steroid dienone is 4. The molecule has 0 bridgehead atoms. The molecule has 0 saturated carbocycles. The number of nitrogens with zero attached hydrogens (tertiary/aromatic N) is 1. The first-order chi connectivity index (χ1) is 19.9. The number of nitrogens with one attached hydrogen (secondary N) is 2. The molecule has 0 aromatic heterocycles. The molecule has 1 fully saturated rings. The minimum atomic E-state index is -1.61. The van der Waals surface area contributed by atoms with Crippen LogP contribution in [0.2, 0.25) is 0 Å². The summed E-state index contributed by atoms with van der Waals surface area (Å²) in [6, 6.07) is 9.14. The van der Waals surface area contributed by atoms with Crippen LogP contribution in [0.4, 0.5) is 5.69 Å². The summed E-state index contributed by atoms with van der Waals surface area (Å²) >= 11 is 0. The first-order valence-corrected chi connectivity index (χ1v) is 13.5. The van der Waals surface area contributed by atoms with Gasteiger partial charge < -0.3 is 30.5 Å². The SMILES string of the molecule is CC(=O)c1c(O)c(C)c(O)c2c1OC1=CC(=O)/C(=C(/C)NCCNC(=O)[C@H]3CC(=O)N(c4ccccc4)C3)C(=O)[C@@]12C. The number of anilines is 1. The number of benzene rings is 2. The first kappa shape index (κ1) is 28.6. The number of para-hydroxylation sites is 1. The predicted octanol–water partition coefficient (Wildman–Crippen LogP) is 2.33. The van der Waals surface area contributed by atoms with Gasteiger partial charge in [0.1, 0.15) is 34.0 Å². The summed E-state index contributed by atoms with van der Waals surface area (Å²) in [5.74, 6) is -3.73. The van der Waals surface area contributed by atoms with Gasteiger partial charge in [0.25, 0.3) is 0 Å². The fourth-order valence-corrected chi connectivity index (χ4v) is 5.77. The summed E-state index contributed by atoms with van der Waals surface area (Å²) in [6.07, 6.45) is 1.25. The van der Waals surface area contributed by atoms with Crippen molar-refractivity contribution in [3.05, 3.63) is 70.1 Å². The summed E-state index contributed by atoms with van der Waals surface area (Å²) in [5.41, 5.74) is -0.911. The van der Waals surface area contributed by atoms with E-state index in [9.17, 15) is 34.2 Å². The van der Waals surface area contributed by atoms with E-state index < -0.39 is 40.2 Å². The minimum absolute atomic E-state index is 0.0139. The molecule has 1 aliphatic carbocycles. The van der Waals surface area contributed by atoms with Crippen LogP contribution in [0, 0.1) is 12.8 Å². The zero-order valence-corrected chi connectivity index (χ0v) is 23.7. The van der Waals surface area contributed by atoms with Crippen LogP contribution in [0.25, 0.3) is 0 Å². The number of aromatic hydroxyl groups is 2. The lowest BCUT2D eigenvalue weighted by Gasteiger charge is -2.29. The number of hydrogen-bond donors (Lipinski definition) is 4. The maximum Gasteiger partial charge on any atom is 0.227 e. The molecule has 2 aromatic carbocycles. The number of phenolic OH excluding ortho intramolecular Hbond substituents is 2. The number of amides is 2. The molecule has 2 atom stereocenters. The van der Waals surface area contributed by atoms with Gasteiger partial charge in [-0.05, 0) is 39.8 Å². The van der Waals surface area contributed by atoms with Gasteiger partial charge in [0, 0.05) is 49.1 Å². The zero-order valence-electron chi connectivity index (χ0n) is 23.7. The fraction of sp³-hybridized carbons (Fsp3) is 0.323. The van der Waals surface area contributed by atoms with E-state index in [0.717, 1.165) is 11.8 Å².